The van der Waals surface area contributed by atoms with Crippen LogP contribution >= 0.6 is 0 Å². The maximum Gasteiger partial charge on any atom is 0.255 e. The van der Waals surface area contributed by atoms with Gasteiger partial charge in [0.15, 0.2) is 0 Å². The van der Waals surface area contributed by atoms with Gasteiger partial charge in [0.2, 0.25) is 0 Å². The molecule has 104 valence electrons. The summed E-state index contributed by atoms with van der Waals surface area (Å²) >= 11 is 0. The second-order valence-electron chi connectivity index (χ2n) is 4.46. The van der Waals surface area contributed by atoms with Gasteiger partial charge in [-0.05, 0) is 55.3 Å². The molecule has 1 amide bonds. The summed E-state index contributed by atoms with van der Waals surface area (Å²) in [5, 5.41) is 2.88. The van der Waals surface area contributed by atoms with Crippen molar-refractivity contribution in [2.45, 2.75) is 20.3 Å². The Labute approximate surface area is 119 Å². The van der Waals surface area contributed by atoms with E-state index < -0.39 is 0 Å². The summed E-state index contributed by atoms with van der Waals surface area (Å²) in [6, 6.07) is 15.0. The van der Waals surface area contributed by atoms with Crippen molar-refractivity contribution in [3.63, 3.8) is 0 Å². The van der Waals surface area contributed by atoms with Crippen molar-refractivity contribution in [2.75, 3.05) is 11.9 Å². The van der Waals surface area contributed by atoms with E-state index >= 15 is 0 Å². The van der Waals surface area contributed by atoms with Crippen LogP contribution in [0.15, 0.2) is 48.5 Å². The third kappa shape index (κ3) is 3.60. The van der Waals surface area contributed by atoms with E-state index in [0.717, 1.165) is 17.9 Å². The number of ether oxygens (including phenoxy) is 1. The molecule has 3 heteroatoms. The third-order valence-electron chi connectivity index (χ3n) is 3.05. The summed E-state index contributed by atoms with van der Waals surface area (Å²) in [5.41, 5.74) is 2.68. The first kappa shape index (κ1) is 14.1. The molecule has 0 atom stereocenters. The van der Waals surface area contributed by atoms with Crippen molar-refractivity contribution >= 4 is 11.6 Å². The molecule has 0 heterocycles. The van der Waals surface area contributed by atoms with Crippen LogP contribution in [-0.4, -0.2) is 12.5 Å². The molecule has 0 saturated heterocycles. The summed E-state index contributed by atoms with van der Waals surface area (Å²) in [6.45, 7) is 4.66. The minimum atomic E-state index is -0.114. The highest BCUT2D eigenvalue weighted by atomic mass is 16.5. The molecule has 2 rings (SSSR count). The van der Waals surface area contributed by atoms with Crippen molar-refractivity contribution in [3.8, 4) is 5.75 Å². The van der Waals surface area contributed by atoms with E-state index in [1.165, 1.54) is 5.56 Å². The topological polar surface area (TPSA) is 38.3 Å². The molecule has 0 aromatic heterocycles. The summed E-state index contributed by atoms with van der Waals surface area (Å²) in [6.07, 6.45) is 0.993. The molecule has 2 aromatic carbocycles. The lowest BCUT2D eigenvalue weighted by Crippen LogP contribution is -2.11. The molecular formula is C17H19NO2. The zero-order valence-electron chi connectivity index (χ0n) is 11.8. The predicted octanol–water partition coefficient (Wildman–Crippen LogP) is 3.90. The van der Waals surface area contributed by atoms with Gasteiger partial charge in [0, 0.05) is 11.3 Å². The van der Waals surface area contributed by atoms with E-state index in [2.05, 4.69) is 12.2 Å². The minimum absolute atomic E-state index is 0.114. The van der Waals surface area contributed by atoms with Crippen LogP contribution in [0.4, 0.5) is 5.69 Å². The molecule has 3 nitrogen and oxygen atoms in total. The number of amides is 1. The van der Waals surface area contributed by atoms with Crippen molar-refractivity contribution in [1.29, 1.82) is 0 Å². The number of rotatable bonds is 5. The van der Waals surface area contributed by atoms with E-state index in [-0.39, 0.29) is 5.91 Å². The molecule has 0 unspecified atom stereocenters. The fourth-order valence-electron chi connectivity index (χ4n) is 1.90. The number of hydrogen-bond acceptors (Lipinski definition) is 2. The number of anilines is 1. The smallest absolute Gasteiger partial charge is 0.255 e. The number of nitrogens with one attached hydrogen (secondary N) is 1. The lowest BCUT2D eigenvalue weighted by molar-refractivity contribution is 0.102. The first-order valence-electron chi connectivity index (χ1n) is 6.86. The minimum Gasteiger partial charge on any atom is -0.494 e. The zero-order valence-corrected chi connectivity index (χ0v) is 11.8. The highest BCUT2D eigenvalue weighted by molar-refractivity contribution is 6.04. The standard InChI is InChI=1S/C17H19NO2/c1-3-13-5-9-15(10-6-13)18-17(19)14-7-11-16(12-8-14)20-4-2/h5-12H,3-4H2,1-2H3,(H,18,19). The molecule has 1 N–H and O–H groups in total. The first-order chi connectivity index (χ1) is 9.72. The Kier molecular flexibility index (Phi) is 4.77. The average Bonchev–Trinajstić information content (AvgIpc) is 2.49. The van der Waals surface area contributed by atoms with Gasteiger partial charge in [-0.2, -0.15) is 0 Å². The quantitative estimate of drug-likeness (QED) is 0.894. The largest absolute Gasteiger partial charge is 0.494 e. The summed E-state index contributed by atoms with van der Waals surface area (Å²) < 4.78 is 5.35. The molecule has 0 radical (unpaired) electrons. The van der Waals surface area contributed by atoms with Crippen LogP contribution in [0.25, 0.3) is 0 Å². The first-order valence-corrected chi connectivity index (χ1v) is 6.86. The van der Waals surface area contributed by atoms with Gasteiger partial charge >= 0.3 is 0 Å². The summed E-state index contributed by atoms with van der Waals surface area (Å²) in [7, 11) is 0. The van der Waals surface area contributed by atoms with Crippen LogP contribution in [-0.2, 0) is 6.42 Å². The number of carbonyl (C=O) groups excluding carboxylic acids is 1. The zero-order chi connectivity index (χ0) is 14.4. The lowest BCUT2D eigenvalue weighted by Gasteiger charge is -2.07. The lowest BCUT2D eigenvalue weighted by atomic mass is 10.1. The molecule has 0 aliphatic carbocycles. The second kappa shape index (κ2) is 6.75. The van der Waals surface area contributed by atoms with Crippen LogP contribution in [0.3, 0.4) is 0 Å². The van der Waals surface area contributed by atoms with E-state index in [1.54, 1.807) is 24.3 Å². The number of benzene rings is 2. The van der Waals surface area contributed by atoms with Gasteiger partial charge < -0.3 is 10.1 Å². The predicted molar refractivity (Wildman–Crippen MR) is 81.4 cm³/mol. The molecule has 0 spiro atoms. The van der Waals surface area contributed by atoms with Crippen LogP contribution in [0, 0.1) is 0 Å². The molecule has 0 bridgehead atoms. The normalized spacial score (nSPS) is 10.1. The Morgan fingerprint density at radius 3 is 2.20 bits per heavy atom. The summed E-state index contributed by atoms with van der Waals surface area (Å²) in [5.74, 6) is 0.661. The number of aryl methyl sites for hydroxylation is 1. The molecule has 0 fully saturated rings. The van der Waals surface area contributed by atoms with Crippen molar-refractivity contribution in [1.82, 2.24) is 0 Å². The van der Waals surface area contributed by atoms with E-state index in [0.29, 0.717) is 12.2 Å². The highest BCUT2D eigenvalue weighted by Crippen LogP contribution is 2.15. The molecule has 0 aliphatic rings. The molecule has 0 aliphatic heterocycles. The second-order valence-corrected chi connectivity index (χ2v) is 4.46. The Balaban J connectivity index is 2.03. The molecule has 2 aromatic rings. The average molecular weight is 269 g/mol. The maximum absolute atomic E-state index is 12.1. The van der Waals surface area contributed by atoms with Crippen LogP contribution < -0.4 is 10.1 Å². The fraction of sp³-hybridized carbons (Fsp3) is 0.235. The van der Waals surface area contributed by atoms with Crippen molar-refractivity contribution < 1.29 is 9.53 Å². The SMILES string of the molecule is CCOc1ccc(C(=O)Nc2ccc(CC)cc2)cc1. The van der Waals surface area contributed by atoms with Gasteiger partial charge in [-0.25, -0.2) is 0 Å². The molecular weight excluding hydrogens is 250 g/mol. The van der Waals surface area contributed by atoms with Crippen molar-refractivity contribution in [2.24, 2.45) is 0 Å². The van der Waals surface area contributed by atoms with E-state index in [4.69, 9.17) is 4.74 Å². The number of carbonyl (C=O) groups is 1. The monoisotopic (exact) mass is 269 g/mol. The third-order valence-corrected chi connectivity index (χ3v) is 3.05. The maximum atomic E-state index is 12.1. The Morgan fingerprint density at radius 1 is 1.00 bits per heavy atom. The van der Waals surface area contributed by atoms with E-state index in [1.807, 2.05) is 31.2 Å². The van der Waals surface area contributed by atoms with Crippen molar-refractivity contribution in [3.05, 3.63) is 59.7 Å². The fourth-order valence-corrected chi connectivity index (χ4v) is 1.90. The van der Waals surface area contributed by atoms with Gasteiger partial charge in [0.25, 0.3) is 5.91 Å². The summed E-state index contributed by atoms with van der Waals surface area (Å²) in [4.78, 5) is 12.1. The Bertz CT molecular complexity index is 559. The van der Waals surface area contributed by atoms with Crippen LogP contribution in [0.1, 0.15) is 29.8 Å². The van der Waals surface area contributed by atoms with Gasteiger partial charge in [-0.15, -0.1) is 0 Å². The van der Waals surface area contributed by atoms with Crippen LogP contribution in [0.2, 0.25) is 0 Å². The van der Waals surface area contributed by atoms with E-state index in [9.17, 15) is 4.79 Å². The van der Waals surface area contributed by atoms with Gasteiger partial charge in [0.1, 0.15) is 5.75 Å². The Morgan fingerprint density at radius 2 is 1.65 bits per heavy atom. The molecule has 0 saturated carbocycles. The van der Waals surface area contributed by atoms with Crippen LogP contribution in [0.5, 0.6) is 5.75 Å². The number of hydrogen-bond donors (Lipinski definition) is 1. The highest BCUT2D eigenvalue weighted by Gasteiger charge is 2.06. The Hall–Kier alpha value is -2.29. The van der Waals surface area contributed by atoms with Gasteiger partial charge in [0.05, 0.1) is 6.61 Å². The van der Waals surface area contributed by atoms with Gasteiger partial charge in [-0.1, -0.05) is 19.1 Å². The molecule has 20 heavy (non-hydrogen) atoms. The van der Waals surface area contributed by atoms with Gasteiger partial charge in [-0.3, -0.25) is 4.79 Å².